The molecule has 0 bridgehead atoms. The molecule has 0 spiro atoms. The van der Waals surface area contributed by atoms with E-state index in [1.54, 1.807) is 18.9 Å². The van der Waals surface area contributed by atoms with Gasteiger partial charge in [0.1, 0.15) is 5.82 Å². The molecule has 0 radical (unpaired) electrons. The van der Waals surface area contributed by atoms with Gasteiger partial charge in [-0.25, -0.2) is 4.39 Å². The van der Waals surface area contributed by atoms with Crippen LogP contribution in [0.4, 0.5) is 4.39 Å². The van der Waals surface area contributed by atoms with E-state index < -0.39 is 0 Å². The van der Waals surface area contributed by atoms with Gasteiger partial charge in [-0.15, -0.1) is 0 Å². The van der Waals surface area contributed by atoms with Crippen LogP contribution in [-0.2, 0) is 6.54 Å². The van der Waals surface area contributed by atoms with Crippen LogP contribution < -0.4 is 0 Å². The molecule has 0 aliphatic heterocycles. The van der Waals surface area contributed by atoms with Gasteiger partial charge < -0.3 is 4.90 Å². The van der Waals surface area contributed by atoms with Crippen molar-refractivity contribution in [3.8, 4) is 0 Å². The van der Waals surface area contributed by atoms with E-state index in [9.17, 15) is 9.18 Å². The maximum atomic E-state index is 13.1. The van der Waals surface area contributed by atoms with E-state index in [0.717, 1.165) is 10.0 Å². The quantitative estimate of drug-likeness (QED) is 0.824. The van der Waals surface area contributed by atoms with E-state index in [1.165, 1.54) is 18.2 Å². The molecule has 4 heteroatoms. The Labute approximate surface area is 126 Å². The molecule has 0 N–H and O–H groups in total. The zero-order valence-corrected chi connectivity index (χ0v) is 12.9. The minimum Gasteiger partial charge on any atom is -0.337 e. The Morgan fingerprint density at radius 2 is 2.00 bits per heavy atom. The van der Waals surface area contributed by atoms with E-state index in [1.807, 2.05) is 24.3 Å². The monoisotopic (exact) mass is 335 g/mol. The summed E-state index contributed by atoms with van der Waals surface area (Å²) < 4.78 is 14.1. The lowest BCUT2D eigenvalue weighted by molar-refractivity contribution is 0.0784. The molecule has 104 valence electrons. The number of nitrogens with zero attached hydrogens (tertiary/aromatic N) is 1. The van der Waals surface area contributed by atoms with Gasteiger partial charge in [0.25, 0.3) is 5.91 Å². The fraction of sp³-hybridized carbons (Fsp3) is 0.188. The molecule has 0 unspecified atom stereocenters. The first-order valence-corrected chi connectivity index (χ1v) is 7.03. The topological polar surface area (TPSA) is 20.3 Å². The summed E-state index contributed by atoms with van der Waals surface area (Å²) in [5.41, 5.74) is 2.22. The second kappa shape index (κ2) is 6.18. The summed E-state index contributed by atoms with van der Waals surface area (Å²) >= 11 is 3.41. The SMILES string of the molecule is Cc1cc(F)ccc1C(=O)N(C)Cc1cccc(Br)c1. The third-order valence-electron chi connectivity index (χ3n) is 3.07. The van der Waals surface area contributed by atoms with Crippen LogP contribution in [0, 0.1) is 12.7 Å². The number of amides is 1. The van der Waals surface area contributed by atoms with Gasteiger partial charge >= 0.3 is 0 Å². The Hall–Kier alpha value is -1.68. The van der Waals surface area contributed by atoms with Crippen LogP contribution in [0.1, 0.15) is 21.5 Å². The zero-order chi connectivity index (χ0) is 14.7. The summed E-state index contributed by atoms with van der Waals surface area (Å²) in [7, 11) is 1.74. The fourth-order valence-electron chi connectivity index (χ4n) is 2.05. The van der Waals surface area contributed by atoms with Gasteiger partial charge in [-0.2, -0.15) is 0 Å². The van der Waals surface area contributed by atoms with Crippen molar-refractivity contribution in [3.63, 3.8) is 0 Å². The molecule has 0 atom stereocenters. The minimum absolute atomic E-state index is 0.109. The summed E-state index contributed by atoms with van der Waals surface area (Å²) in [6.07, 6.45) is 0. The normalized spacial score (nSPS) is 10.4. The van der Waals surface area contributed by atoms with E-state index in [-0.39, 0.29) is 11.7 Å². The van der Waals surface area contributed by atoms with Crippen molar-refractivity contribution in [1.29, 1.82) is 0 Å². The lowest BCUT2D eigenvalue weighted by Gasteiger charge is -2.18. The smallest absolute Gasteiger partial charge is 0.254 e. The molecule has 2 nitrogen and oxygen atoms in total. The summed E-state index contributed by atoms with van der Waals surface area (Å²) in [6.45, 7) is 2.25. The van der Waals surface area contributed by atoms with Gasteiger partial charge in [0.2, 0.25) is 0 Å². The van der Waals surface area contributed by atoms with Crippen molar-refractivity contribution in [2.45, 2.75) is 13.5 Å². The number of hydrogen-bond donors (Lipinski definition) is 0. The van der Waals surface area contributed by atoms with Crippen LogP contribution in [0.3, 0.4) is 0 Å². The highest BCUT2D eigenvalue weighted by Crippen LogP contribution is 2.16. The molecule has 2 rings (SSSR count). The zero-order valence-electron chi connectivity index (χ0n) is 11.4. The van der Waals surface area contributed by atoms with E-state index in [4.69, 9.17) is 0 Å². The molecule has 0 saturated carbocycles. The first kappa shape index (κ1) is 14.7. The number of hydrogen-bond acceptors (Lipinski definition) is 1. The molecule has 2 aromatic rings. The molecule has 0 heterocycles. The molecule has 0 aliphatic carbocycles. The van der Waals surface area contributed by atoms with Gasteiger partial charge in [0.15, 0.2) is 0 Å². The molecule has 0 fully saturated rings. The molecular weight excluding hydrogens is 321 g/mol. The van der Waals surface area contributed by atoms with Gasteiger partial charge in [-0.3, -0.25) is 4.79 Å². The van der Waals surface area contributed by atoms with E-state index in [2.05, 4.69) is 15.9 Å². The lowest BCUT2D eigenvalue weighted by Crippen LogP contribution is -2.26. The standard InChI is InChI=1S/C16H15BrFNO/c1-11-8-14(18)6-7-15(11)16(20)19(2)10-12-4-3-5-13(17)9-12/h3-9H,10H2,1-2H3. The predicted octanol–water partition coefficient (Wildman–Crippen LogP) is 4.17. The third-order valence-corrected chi connectivity index (χ3v) is 3.57. The lowest BCUT2D eigenvalue weighted by atomic mass is 10.1. The summed E-state index contributed by atoms with van der Waals surface area (Å²) in [5.74, 6) is -0.434. The van der Waals surface area contributed by atoms with Crippen molar-refractivity contribution in [2.75, 3.05) is 7.05 Å². The van der Waals surface area contributed by atoms with Crippen LogP contribution in [0.2, 0.25) is 0 Å². The minimum atomic E-state index is -0.325. The van der Waals surface area contributed by atoms with Gasteiger partial charge in [0.05, 0.1) is 0 Å². The number of carbonyl (C=O) groups is 1. The Morgan fingerprint density at radius 3 is 2.65 bits per heavy atom. The summed E-state index contributed by atoms with van der Waals surface area (Å²) in [4.78, 5) is 14.0. The van der Waals surface area contributed by atoms with Crippen molar-refractivity contribution in [2.24, 2.45) is 0 Å². The van der Waals surface area contributed by atoms with Crippen molar-refractivity contribution >= 4 is 21.8 Å². The molecule has 20 heavy (non-hydrogen) atoms. The van der Waals surface area contributed by atoms with E-state index in [0.29, 0.717) is 17.7 Å². The second-order valence-electron chi connectivity index (χ2n) is 4.75. The molecule has 0 saturated heterocycles. The summed E-state index contributed by atoms with van der Waals surface area (Å²) in [5, 5.41) is 0. The maximum Gasteiger partial charge on any atom is 0.254 e. The second-order valence-corrected chi connectivity index (χ2v) is 5.67. The average molecular weight is 336 g/mol. The van der Waals surface area contributed by atoms with Crippen LogP contribution in [-0.4, -0.2) is 17.9 Å². The number of benzene rings is 2. The third kappa shape index (κ3) is 3.45. The fourth-order valence-corrected chi connectivity index (χ4v) is 2.50. The van der Waals surface area contributed by atoms with E-state index >= 15 is 0 Å². The molecule has 1 amide bonds. The molecule has 0 aliphatic rings. The highest BCUT2D eigenvalue weighted by atomic mass is 79.9. The molecule has 2 aromatic carbocycles. The highest BCUT2D eigenvalue weighted by Gasteiger charge is 2.14. The number of halogens is 2. The number of aryl methyl sites for hydroxylation is 1. The van der Waals surface area contributed by atoms with Gasteiger partial charge in [0, 0.05) is 23.6 Å². The van der Waals surface area contributed by atoms with Crippen molar-refractivity contribution in [1.82, 2.24) is 4.90 Å². The largest absolute Gasteiger partial charge is 0.337 e. The molecular formula is C16H15BrFNO. The first-order valence-electron chi connectivity index (χ1n) is 6.23. The first-order chi connectivity index (χ1) is 9.47. The Kier molecular flexibility index (Phi) is 4.55. The maximum absolute atomic E-state index is 13.1. The predicted molar refractivity (Wildman–Crippen MR) is 81.1 cm³/mol. The van der Waals surface area contributed by atoms with Crippen LogP contribution >= 0.6 is 15.9 Å². The van der Waals surface area contributed by atoms with Gasteiger partial charge in [-0.1, -0.05) is 28.1 Å². The van der Waals surface area contributed by atoms with Crippen LogP contribution in [0.25, 0.3) is 0 Å². The molecule has 0 aromatic heterocycles. The van der Waals surface area contributed by atoms with Crippen molar-refractivity contribution < 1.29 is 9.18 Å². The Bertz CT molecular complexity index is 642. The number of carbonyl (C=O) groups excluding carboxylic acids is 1. The average Bonchev–Trinajstić information content (AvgIpc) is 2.38. The van der Waals surface area contributed by atoms with Crippen molar-refractivity contribution in [3.05, 3.63) is 69.4 Å². The number of rotatable bonds is 3. The highest BCUT2D eigenvalue weighted by molar-refractivity contribution is 9.10. The van der Waals surface area contributed by atoms with Crippen LogP contribution in [0.5, 0.6) is 0 Å². The summed E-state index contributed by atoms with van der Waals surface area (Å²) in [6, 6.07) is 12.0. The Balaban J connectivity index is 2.16. The Morgan fingerprint density at radius 1 is 1.25 bits per heavy atom. The van der Waals surface area contributed by atoms with Crippen LogP contribution in [0.15, 0.2) is 46.9 Å². The van der Waals surface area contributed by atoms with Gasteiger partial charge in [-0.05, 0) is 48.4 Å².